The molecule has 98 valence electrons. The van der Waals surface area contributed by atoms with E-state index in [0.717, 1.165) is 11.1 Å². The van der Waals surface area contributed by atoms with Gasteiger partial charge in [0, 0.05) is 18.8 Å². The van der Waals surface area contributed by atoms with E-state index in [1.54, 1.807) is 24.5 Å². The molecule has 0 radical (unpaired) electrons. The average Bonchev–Trinajstić information content (AvgIpc) is 2.41. The molecule has 0 saturated heterocycles. The number of hydrogen-bond acceptors (Lipinski definition) is 3. The number of carbonyl (C=O) groups is 1. The predicted octanol–water partition coefficient (Wildman–Crippen LogP) is 2.71. The molecule has 1 aromatic heterocycles. The molecule has 1 aromatic carbocycles. The van der Waals surface area contributed by atoms with Gasteiger partial charge in [0.1, 0.15) is 11.3 Å². The minimum Gasteiger partial charge on any atom is -0.492 e. The van der Waals surface area contributed by atoms with E-state index >= 15 is 0 Å². The summed E-state index contributed by atoms with van der Waals surface area (Å²) >= 11 is 0. The van der Waals surface area contributed by atoms with Crippen molar-refractivity contribution in [3.05, 3.63) is 59.4 Å². The van der Waals surface area contributed by atoms with Gasteiger partial charge in [0.25, 0.3) is 0 Å². The Hall–Kier alpha value is -2.36. The van der Waals surface area contributed by atoms with Crippen LogP contribution in [-0.4, -0.2) is 22.7 Å². The third-order valence-electron chi connectivity index (χ3n) is 2.80. The number of rotatable bonds is 5. The van der Waals surface area contributed by atoms with Gasteiger partial charge in [-0.25, -0.2) is 4.79 Å². The summed E-state index contributed by atoms with van der Waals surface area (Å²) in [5.41, 5.74) is 2.09. The number of para-hydroxylation sites is 1. The lowest BCUT2D eigenvalue weighted by atomic mass is 10.1. The van der Waals surface area contributed by atoms with Gasteiger partial charge in [-0.3, -0.25) is 4.98 Å². The van der Waals surface area contributed by atoms with Crippen LogP contribution in [0.25, 0.3) is 0 Å². The summed E-state index contributed by atoms with van der Waals surface area (Å²) in [7, 11) is 0. The molecule has 2 aromatic rings. The second-order valence-electron chi connectivity index (χ2n) is 4.22. The number of pyridine rings is 1. The number of carboxylic acids is 1. The molecule has 0 bridgehead atoms. The first-order valence-corrected chi connectivity index (χ1v) is 6.03. The smallest absolute Gasteiger partial charge is 0.339 e. The van der Waals surface area contributed by atoms with Crippen molar-refractivity contribution >= 4 is 5.97 Å². The fourth-order valence-corrected chi connectivity index (χ4v) is 1.83. The molecule has 0 unspecified atom stereocenters. The SMILES string of the molecule is Cc1cccc(C(=O)O)c1OCCc1cccnc1. The number of aryl methyl sites for hydroxylation is 1. The zero-order chi connectivity index (χ0) is 13.7. The maximum absolute atomic E-state index is 11.1. The molecule has 1 heterocycles. The van der Waals surface area contributed by atoms with Gasteiger partial charge in [-0.1, -0.05) is 18.2 Å². The molecule has 19 heavy (non-hydrogen) atoms. The highest BCUT2D eigenvalue weighted by Gasteiger charge is 2.13. The predicted molar refractivity (Wildman–Crippen MR) is 71.6 cm³/mol. The monoisotopic (exact) mass is 257 g/mol. The summed E-state index contributed by atoms with van der Waals surface area (Å²) in [4.78, 5) is 15.1. The van der Waals surface area contributed by atoms with Crippen LogP contribution in [-0.2, 0) is 6.42 Å². The molecule has 4 heteroatoms. The topological polar surface area (TPSA) is 59.4 Å². The van der Waals surface area contributed by atoms with Gasteiger partial charge in [-0.2, -0.15) is 0 Å². The van der Waals surface area contributed by atoms with E-state index in [1.807, 2.05) is 25.1 Å². The Kier molecular flexibility index (Phi) is 4.13. The average molecular weight is 257 g/mol. The fraction of sp³-hybridized carbons (Fsp3) is 0.200. The summed E-state index contributed by atoms with van der Waals surface area (Å²) < 4.78 is 5.62. The van der Waals surface area contributed by atoms with E-state index < -0.39 is 5.97 Å². The Balaban J connectivity index is 2.05. The van der Waals surface area contributed by atoms with Crippen molar-refractivity contribution in [3.8, 4) is 5.75 Å². The van der Waals surface area contributed by atoms with Crippen molar-refractivity contribution in [1.29, 1.82) is 0 Å². The van der Waals surface area contributed by atoms with Gasteiger partial charge in [-0.15, -0.1) is 0 Å². The molecule has 0 fully saturated rings. The van der Waals surface area contributed by atoms with Gasteiger partial charge in [0.2, 0.25) is 0 Å². The molecule has 4 nitrogen and oxygen atoms in total. The summed E-state index contributed by atoms with van der Waals surface area (Å²) in [6.07, 6.45) is 4.19. The molecular formula is C15H15NO3. The van der Waals surface area contributed by atoms with Crippen molar-refractivity contribution < 1.29 is 14.6 Å². The van der Waals surface area contributed by atoms with Crippen molar-refractivity contribution in [1.82, 2.24) is 4.98 Å². The highest BCUT2D eigenvalue weighted by atomic mass is 16.5. The van der Waals surface area contributed by atoms with E-state index in [9.17, 15) is 4.79 Å². The zero-order valence-corrected chi connectivity index (χ0v) is 10.7. The molecule has 2 rings (SSSR count). The van der Waals surface area contributed by atoms with Crippen LogP contribution in [0.1, 0.15) is 21.5 Å². The molecule has 0 aliphatic rings. The van der Waals surface area contributed by atoms with Crippen molar-refractivity contribution in [2.45, 2.75) is 13.3 Å². The second kappa shape index (κ2) is 6.00. The lowest BCUT2D eigenvalue weighted by Crippen LogP contribution is -2.07. The van der Waals surface area contributed by atoms with Crippen LogP contribution in [0.5, 0.6) is 5.75 Å². The summed E-state index contributed by atoms with van der Waals surface area (Å²) in [6, 6.07) is 8.94. The zero-order valence-electron chi connectivity index (χ0n) is 10.7. The van der Waals surface area contributed by atoms with Gasteiger partial charge >= 0.3 is 5.97 Å². The second-order valence-corrected chi connectivity index (χ2v) is 4.22. The number of nitrogens with zero attached hydrogens (tertiary/aromatic N) is 1. The molecular weight excluding hydrogens is 242 g/mol. The Morgan fingerprint density at radius 3 is 2.84 bits per heavy atom. The Labute approximate surface area is 111 Å². The molecule has 0 aliphatic heterocycles. The number of aromatic nitrogens is 1. The van der Waals surface area contributed by atoms with Crippen LogP contribution in [0.4, 0.5) is 0 Å². The first-order chi connectivity index (χ1) is 9.18. The van der Waals surface area contributed by atoms with Crippen molar-refractivity contribution in [3.63, 3.8) is 0 Å². The molecule has 0 aliphatic carbocycles. The van der Waals surface area contributed by atoms with Crippen LogP contribution in [0.2, 0.25) is 0 Å². The number of hydrogen-bond donors (Lipinski definition) is 1. The lowest BCUT2D eigenvalue weighted by molar-refractivity contribution is 0.0692. The maximum Gasteiger partial charge on any atom is 0.339 e. The minimum atomic E-state index is -0.972. The van der Waals surface area contributed by atoms with E-state index in [1.165, 1.54) is 0 Å². The van der Waals surface area contributed by atoms with E-state index in [4.69, 9.17) is 9.84 Å². The van der Waals surface area contributed by atoms with Gasteiger partial charge in [0.15, 0.2) is 0 Å². The Bertz CT molecular complexity index is 567. The Morgan fingerprint density at radius 1 is 1.32 bits per heavy atom. The quantitative estimate of drug-likeness (QED) is 0.894. The maximum atomic E-state index is 11.1. The third-order valence-corrected chi connectivity index (χ3v) is 2.80. The first kappa shape index (κ1) is 13.1. The van der Waals surface area contributed by atoms with Gasteiger partial charge in [-0.05, 0) is 30.2 Å². The van der Waals surface area contributed by atoms with E-state index in [-0.39, 0.29) is 5.56 Å². The normalized spacial score (nSPS) is 10.2. The van der Waals surface area contributed by atoms with Crippen LogP contribution in [0, 0.1) is 6.92 Å². The number of benzene rings is 1. The van der Waals surface area contributed by atoms with Crippen LogP contribution in [0.3, 0.4) is 0 Å². The van der Waals surface area contributed by atoms with E-state index in [0.29, 0.717) is 18.8 Å². The first-order valence-electron chi connectivity index (χ1n) is 6.03. The summed E-state index contributed by atoms with van der Waals surface area (Å²) in [5.74, 6) is -0.529. The van der Waals surface area contributed by atoms with Crippen LogP contribution < -0.4 is 4.74 Å². The molecule has 0 saturated carbocycles. The molecule has 0 atom stereocenters. The molecule has 0 spiro atoms. The molecule has 1 N–H and O–H groups in total. The van der Waals surface area contributed by atoms with E-state index in [2.05, 4.69) is 4.98 Å². The highest BCUT2D eigenvalue weighted by molar-refractivity contribution is 5.91. The number of ether oxygens (including phenoxy) is 1. The van der Waals surface area contributed by atoms with Crippen molar-refractivity contribution in [2.24, 2.45) is 0 Å². The van der Waals surface area contributed by atoms with Crippen LogP contribution in [0.15, 0.2) is 42.7 Å². The largest absolute Gasteiger partial charge is 0.492 e. The highest BCUT2D eigenvalue weighted by Crippen LogP contribution is 2.23. The minimum absolute atomic E-state index is 0.200. The van der Waals surface area contributed by atoms with Crippen molar-refractivity contribution in [2.75, 3.05) is 6.61 Å². The third kappa shape index (κ3) is 3.31. The fourth-order valence-electron chi connectivity index (χ4n) is 1.83. The van der Waals surface area contributed by atoms with Crippen LogP contribution >= 0.6 is 0 Å². The number of aromatic carboxylic acids is 1. The summed E-state index contributed by atoms with van der Waals surface area (Å²) in [6.45, 7) is 2.27. The lowest BCUT2D eigenvalue weighted by Gasteiger charge is -2.11. The van der Waals surface area contributed by atoms with Gasteiger partial charge < -0.3 is 9.84 Å². The number of carboxylic acid groups (broad SMARTS) is 1. The molecule has 0 amide bonds. The standard InChI is InChI=1S/C15H15NO3/c1-11-4-2-6-13(15(17)18)14(11)19-9-7-12-5-3-8-16-10-12/h2-6,8,10H,7,9H2,1H3,(H,17,18). The Morgan fingerprint density at radius 2 is 2.16 bits per heavy atom. The van der Waals surface area contributed by atoms with Gasteiger partial charge in [0.05, 0.1) is 6.61 Å². The summed E-state index contributed by atoms with van der Waals surface area (Å²) in [5, 5.41) is 9.12.